The molecule has 1 aromatic rings. The Hall–Kier alpha value is -1.98. The number of anilines is 1. The van der Waals surface area contributed by atoms with Gasteiger partial charge < -0.3 is 9.80 Å². The summed E-state index contributed by atoms with van der Waals surface area (Å²) in [6, 6.07) is 1.56. The molecule has 0 N–H and O–H groups in total. The molecule has 3 rings (SSSR count). The van der Waals surface area contributed by atoms with Gasteiger partial charge in [-0.3, -0.25) is 9.59 Å². The van der Waals surface area contributed by atoms with Crippen LogP contribution in [0.2, 0.25) is 0 Å². The molecule has 0 spiro atoms. The molecule has 1 saturated heterocycles. The zero-order valence-corrected chi connectivity index (χ0v) is 13.1. The lowest BCUT2D eigenvalue weighted by molar-refractivity contribution is -0.136. The van der Waals surface area contributed by atoms with E-state index in [-0.39, 0.29) is 23.1 Å². The van der Waals surface area contributed by atoms with Gasteiger partial charge in [-0.1, -0.05) is 6.92 Å². The van der Waals surface area contributed by atoms with Gasteiger partial charge in [-0.05, 0) is 37.8 Å². The molecule has 2 heterocycles. The molecule has 6 heteroatoms. The summed E-state index contributed by atoms with van der Waals surface area (Å²) in [5.41, 5.74) is 0.304. The van der Waals surface area contributed by atoms with E-state index >= 15 is 0 Å². The first-order valence-electron chi connectivity index (χ1n) is 8.12. The van der Waals surface area contributed by atoms with E-state index in [1.807, 2.05) is 6.92 Å². The highest BCUT2D eigenvalue weighted by molar-refractivity contribution is 6.00. The van der Waals surface area contributed by atoms with Crippen molar-refractivity contribution in [2.75, 3.05) is 18.0 Å². The van der Waals surface area contributed by atoms with E-state index in [0.717, 1.165) is 18.6 Å². The summed E-state index contributed by atoms with van der Waals surface area (Å²) >= 11 is 0. The van der Waals surface area contributed by atoms with Crippen LogP contribution in [0.3, 0.4) is 0 Å². The van der Waals surface area contributed by atoms with E-state index in [9.17, 15) is 18.4 Å². The number of fused-ring (bicyclic) bond motifs is 1. The van der Waals surface area contributed by atoms with Crippen molar-refractivity contribution >= 4 is 17.5 Å². The second-order valence-corrected chi connectivity index (χ2v) is 6.06. The summed E-state index contributed by atoms with van der Waals surface area (Å²) in [5, 5.41) is 0. The SMILES string of the molecule is CC[C@@H](C(=O)N1CCCc2c(F)ccc(F)c21)N1CCCC1=O. The predicted molar refractivity (Wildman–Crippen MR) is 82.1 cm³/mol. The Morgan fingerprint density at radius 2 is 1.87 bits per heavy atom. The third kappa shape index (κ3) is 2.71. The van der Waals surface area contributed by atoms with E-state index in [1.54, 1.807) is 4.90 Å². The van der Waals surface area contributed by atoms with Crippen LogP contribution in [0.15, 0.2) is 12.1 Å². The molecule has 0 aliphatic carbocycles. The van der Waals surface area contributed by atoms with Crippen LogP contribution in [0, 0.1) is 11.6 Å². The minimum atomic E-state index is -0.599. The summed E-state index contributed by atoms with van der Waals surface area (Å²) in [6.45, 7) is 2.74. The molecule has 0 unspecified atom stereocenters. The van der Waals surface area contributed by atoms with Crippen molar-refractivity contribution in [2.45, 2.75) is 45.1 Å². The van der Waals surface area contributed by atoms with Gasteiger partial charge in [0.05, 0.1) is 5.69 Å². The minimum absolute atomic E-state index is 0.0397. The number of hydrogen-bond acceptors (Lipinski definition) is 2. The maximum absolute atomic E-state index is 14.2. The Kier molecular flexibility index (Phi) is 4.33. The summed E-state index contributed by atoms with van der Waals surface area (Å²) in [5.74, 6) is -1.42. The van der Waals surface area contributed by atoms with E-state index < -0.39 is 17.7 Å². The van der Waals surface area contributed by atoms with E-state index in [1.165, 1.54) is 4.90 Å². The molecule has 0 aromatic heterocycles. The molecule has 2 amide bonds. The third-order valence-electron chi connectivity index (χ3n) is 4.68. The summed E-state index contributed by atoms with van der Waals surface area (Å²) in [4.78, 5) is 27.8. The van der Waals surface area contributed by atoms with Gasteiger partial charge in [0.1, 0.15) is 17.7 Å². The number of benzene rings is 1. The molecule has 124 valence electrons. The van der Waals surface area contributed by atoms with Crippen LogP contribution in [0.25, 0.3) is 0 Å². The summed E-state index contributed by atoms with van der Waals surface area (Å²) < 4.78 is 28.2. The van der Waals surface area contributed by atoms with Gasteiger partial charge in [0.25, 0.3) is 0 Å². The number of halogens is 2. The topological polar surface area (TPSA) is 40.6 Å². The van der Waals surface area contributed by atoms with Crippen molar-refractivity contribution in [2.24, 2.45) is 0 Å². The fourth-order valence-corrected chi connectivity index (χ4v) is 3.57. The Bertz CT molecular complexity index is 648. The molecule has 4 nitrogen and oxygen atoms in total. The van der Waals surface area contributed by atoms with E-state index in [4.69, 9.17) is 0 Å². The minimum Gasteiger partial charge on any atom is -0.331 e. The van der Waals surface area contributed by atoms with Crippen LogP contribution >= 0.6 is 0 Å². The second-order valence-electron chi connectivity index (χ2n) is 6.06. The highest BCUT2D eigenvalue weighted by atomic mass is 19.1. The first-order valence-corrected chi connectivity index (χ1v) is 8.12. The van der Waals surface area contributed by atoms with Crippen LogP contribution in [0.1, 0.15) is 38.2 Å². The molecule has 1 aromatic carbocycles. The first-order chi connectivity index (χ1) is 11.0. The lowest BCUT2D eigenvalue weighted by Crippen LogP contribution is -2.50. The van der Waals surface area contributed by atoms with E-state index in [2.05, 4.69) is 0 Å². The standard InChI is InChI=1S/C17H20F2N2O2/c1-2-14(20-9-4-6-15(20)22)17(23)21-10-3-5-11-12(18)7-8-13(19)16(11)21/h7-8,14H,2-6,9-10H2,1H3/t14-/m0/s1. The maximum Gasteiger partial charge on any atom is 0.249 e. The lowest BCUT2D eigenvalue weighted by Gasteiger charge is -2.35. The maximum atomic E-state index is 14.2. The number of carbonyl (C=O) groups is 2. The van der Waals surface area contributed by atoms with Crippen molar-refractivity contribution in [1.29, 1.82) is 0 Å². The molecule has 0 saturated carbocycles. The Morgan fingerprint density at radius 1 is 1.17 bits per heavy atom. The molecular weight excluding hydrogens is 302 g/mol. The van der Waals surface area contributed by atoms with Crippen molar-refractivity contribution < 1.29 is 18.4 Å². The molecular formula is C17H20F2N2O2. The highest BCUT2D eigenvalue weighted by Gasteiger charge is 2.37. The lowest BCUT2D eigenvalue weighted by atomic mass is 9.99. The van der Waals surface area contributed by atoms with Crippen LogP contribution in [-0.2, 0) is 16.0 Å². The van der Waals surface area contributed by atoms with Crippen LogP contribution < -0.4 is 4.90 Å². The van der Waals surface area contributed by atoms with Gasteiger partial charge in [-0.15, -0.1) is 0 Å². The molecule has 0 radical (unpaired) electrons. The Morgan fingerprint density at radius 3 is 2.52 bits per heavy atom. The van der Waals surface area contributed by atoms with E-state index in [0.29, 0.717) is 38.8 Å². The quantitative estimate of drug-likeness (QED) is 0.858. The molecule has 0 bridgehead atoms. The monoisotopic (exact) mass is 322 g/mol. The van der Waals surface area contributed by atoms with Gasteiger partial charge in [0.2, 0.25) is 11.8 Å². The summed E-state index contributed by atoms with van der Waals surface area (Å²) in [7, 11) is 0. The molecule has 2 aliphatic heterocycles. The van der Waals surface area contributed by atoms with Gasteiger partial charge in [-0.25, -0.2) is 8.78 Å². The average Bonchev–Trinajstić information content (AvgIpc) is 2.97. The van der Waals surface area contributed by atoms with Crippen molar-refractivity contribution in [1.82, 2.24) is 4.90 Å². The number of nitrogens with zero attached hydrogens (tertiary/aromatic N) is 2. The largest absolute Gasteiger partial charge is 0.331 e. The number of amides is 2. The number of hydrogen-bond donors (Lipinski definition) is 0. The predicted octanol–water partition coefficient (Wildman–Crippen LogP) is 2.65. The Balaban J connectivity index is 1.95. The van der Waals surface area contributed by atoms with Crippen LogP contribution in [-0.4, -0.2) is 35.8 Å². The van der Waals surface area contributed by atoms with Crippen LogP contribution in [0.5, 0.6) is 0 Å². The second kappa shape index (κ2) is 6.26. The van der Waals surface area contributed by atoms with Crippen LogP contribution in [0.4, 0.5) is 14.5 Å². The van der Waals surface area contributed by atoms with Gasteiger partial charge >= 0.3 is 0 Å². The third-order valence-corrected chi connectivity index (χ3v) is 4.68. The fourth-order valence-electron chi connectivity index (χ4n) is 3.57. The number of likely N-dealkylation sites (tertiary alicyclic amines) is 1. The normalized spacial score (nSPS) is 19.0. The number of carbonyl (C=O) groups excluding carboxylic acids is 2. The molecule has 23 heavy (non-hydrogen) atoms. The fraction of sp³-hybridized carbons (Fsp3) is 0.529. The van der Waals surface area contributed by atoms with Crippen molar-refractivity contribution in [3.63, 3.8) is 0 Å². The highest BCUT2D eigenvalue weighted by Crippen LogP contribution is 2.33. The zero-order chi connectivity index (χ0) is 16.6. The summed E-state index contributed by atoms with van der Waals surface area (Å²) in [6.07, 6.45) is 2.66. The zero-order valence-electron chi connectivity index (χ0n) is 13.1. The average molecular weight is 322 g/mol. The van der Waals surface area contributed by atoms with Gasteiger partial charge in [0.15, 0.2) is 0 Å². The Labute approximate surface area is 134 Å². The molecule has 1 atom stereocenters. The molecule has 2 aliphatic rings. The van der Waals surface area contributed by atoms with Crippen molar-refractivity contribution in [3.8, 4) is 0 Å². The van der Waals surface area contributed by atoms with Crippen molar-refractivity contribution in [3.05, 3.63) is 29.3 Å². The molecule has 1 fully saturated rings. The van der Waals surface area contributed by atoms with Gasteiger partial charge in [-0.2, -0.15) is 0 Å². The number of rotatable bonds is 3. The smallest absolute Gasteiger partial charge is 0.249 e. The first kappa shape index (κ1) is 15.9. The van der Waals surface area contributed by atoms with Gasteiger partial charge in [0, 0.05) is 25.1 Å².